The Bertz CT molecular complexity index is 341. The second-order valence-electron chi connectivity index (χ2n) is 2.66. The fourth-order valence-corrected chi connectivity index (χ4v) is 0.964. The average molecular weight is 210 g/mol. The van der Waals surface area contributed by atoms with E-state index in [1.54, 1.807) is 6.92 Å². The third-order valence-electron chi connectivity index (χ3n) is 1.65. The number of nitrogens with one attached hydrogen (secondary N) is 1. The van der Waals surface area contributed by atoms with E-state index in [1.807, 2.05) is 5.48 Å². The van der Waals surface area contributed by atoms with E-state index in [0.717, 1.165) is 12.2 Å². The molecule has 0 saturated carbocycles. The second-order valence-corrected chi connectivity index (χ2v) is 2.66. The molecule has 80 valence electrons. The lowest BCUT2D eigenvalue weighted by atomic mass is 10.4. The van der Waals surface area contributed by atoms with Gasteiger partial charge in [0.25, 0.3) is 17.7 Å². The molecule has 1 rings (SSSR count). The van der Waals surface area contributed by atoms with Gasteiger partial charge in [-0.05, 0) is 6.92 Å². The largest absolute Gasteiger partial charge is 0.291 e. The summed E-state index contributed by atoms with van der Waals surface area (Å²) in [7, 11) is 0. The molecular weight excluding hydrogens is 200 g/mol. The van der Waals surface area contributed by atoms with Crippen LogP contribution >= 0.6 is 0 Å². The number of hydrogen-bond acceptors (Lipinski definition) is 4. The van der Waals surface area contributed by atoms with E-state index < -0.39 is 17.7 Å². The molecule has 1 aliphatic rings. The van der Waals surface area contributed by atoms with Crippen molar-refractivity contribution < 1.29 is 19.2 Å². The fraction of sp³-hybridized carbons (Fsp3) is 0.222. The van der Waals surface area contributed by atoms with Gasteiger partial charge >= 0.3 is 0 Å². The maximum absolute atomic E-state index is 11.3. The van der Waals surface area contributed by atoms with Gasteiger partial charge in [-0.25, -0.2) is 10.4 Å². The molecule has 6 heteroatoms. The van der Waals surface area contributed by atoms with Crippen molar-refractivity contribution in [2.75, 3.05) is 6.61 Å². The first-order chi connectivity index (χ1) is 7.07. The Balaban J connectivity index is 2.65. The van der Waals surface area contributed by atoms with Crippen molar-refractivity contribution in [1.29, 1.82) is 0 Å². The molecule has 0 bridgehead atoms. The maximum Gasteiger partial charge on any atom is 0.291 e. The molecule has 3 amide bonds. The summed E-state index contributed by atoms with van der Waals surface area (Å²) in [6.07, 6.45) is 2.14. The molecule has 1 N–H and O–H groups in total. The highest BCUT2D eigenvalue weighted by molar-refractivity contribution is 6.17. The molecule has 0 unspecified atom stereocenters. The minimum Gasteiger partial charge on any atom is -0.274 e. The zero-order valence-corrected chi connectivity index (χ0v) is 8.15. The van der Waals surface area contributed by atoms with Gasteiger partial charge in [0.2, 0.25) is 0 Å². The first-order valence-electron chi connectivity index (χ1n) is 4.25. The van der Waals surface area contributed by atoms with Crippen LogP contribution in [0.4, 0.5) is 0 Å². The number of nitrogens with zero attached hydrogens (tertiary/aromatic N) is 1. The van der Waals surface area contributed by atoms with Crippen molar-refractivity contribution in [1.82, 2.24) is 10.4 Å². The van der Waals surface area contributed by atoms with Gasteiger partial charge in [-0.1, -0.05) is 6.58 Å². The van der Waals surface area contributed by atoms with Crippen LogP contribution in [0.2, 0.25) is 0 Å². The molecule has 0 aromatic carbocycles. The number of rotatable bonds is 4. The summed E-state index contributed by atoms with van der Waals surface area (Å²) in [6, 6.07) is 0. The maximum atomic E-state index is 11.3. The summed E-state index contributed by atoms with van der Waals surface area (Å²) in [6.45, 7) is 5.30. The van der Waals surface area contributed by atoms with Crippen LogP contribution in [0.3, 0.4) is 0 Å². The van der Waals surface area contributed by atoms with Crippen LogP contribution in [0.25, 0.3) is 0 Å². The number of carbonyl (C=O) groups is 3. The van der Waals surface area contributed by atoms with E-state index in [2.05, 4.69) is 11.4 Å². The van der Waals surface area contributed by atoms with Crippen LogP contribution < -0.4 is 5.48 Å². The van der Waals surface area contributed by atoms with Crippen LogP contribution in [-0.4, -0.2) is 29.2 Å². The number of imide groups is 1. The molecule has 0 atom stereocenters. The molecule has 0 saturated heterocycles. The lowest BCUT2D eigenvalue weighted by Crippen LogP contribution is -2.37. The highest BCUT2D eigenvalue weighted by atomic mass is 16.6. The van der Waals surface area contributed by atoms with E-state index in [1.165, 1.54) is 0 Å². The fourth-order valence-electron chi connectivity index (χ4n) is 0.964. The zero-order valence-electron chi connectivity index (χ0n) is 8.15. The molecule has 0 fully saturated rings. The highest BCUT2D eigenvalue weighted by Crippen LogP contribution is 2.10. The Morgan fingerprint density at radius 2 is 2.00 bits per heavy atom. The number of carbonyl (C=O) groups excluding carboxylic acids is 3. The summed E-state index contributed by atoms with van der Waals surface area (Å²) in [5, 5.41) is 0. The Kier molecular flexibility index (Phi) is 3.35. The summed E-state index contributed by atoms with van der Waals surface area (Å²) in [5.74, 6) is -1.89. The predicted octanol–water partition coefficient (Wildman–Crippen LogP) is -0.507. The number of amides is 3. The zero-order chi connectivity index (χ0) is 11.4. The molecule has 6 nitrogen and oxygen atoms in total. The van der Waals surface area contributed by atoms with E-state index in [4.69, 9.17) is 0 Å². The van der Waals surface area contributed by atoms with Gasteiger partial charge < -0.3 is 0 Å². The molecule has 0 radical (unpaired) electrons. The SMILES string of the molecule is C=C(C(=O)NOCC)N1C(=O)C=CC1=O. The minimum atomic E-state index is -0.720. The van der Waals surface area contributed by atoms with Crippen molar-refractivity contribution in [3.63, 3.8) is 0 Å². The lowest BCUT2D eigenvalue weighted by molar-refractivity contribution is -0.140. The highest BCUT2D eigenvalue weighted by Gasteiger charge is 2.29. The van der Waals surface area contributed by atoms with Gasteiger partial charge in [-0.2, -0.15) is 0 Å². The predicted molar refractivity (Wildman–Crippen MR) is 49.9 cm³/mol. The molecule has 0 spiro atoms. The Labute approximate surface area is 86.1 Å². The van der Waals surface area contributed by atoms with Gasteiger partial charge in [-0.15, -0.1) is 0 Å². The molecule has 0 aromatic heterocycles. The van der Waals surface area contributed by atoms with Crippen LogP contribution in [0.5, 0.6) is 0 Å². The normalized spacial score (nSPS) is 14.6. The minimum absolute atomic E-state index is 0.261. The smallest absolute Gasteiger partial charge is 0.274 e. The Morgan fingerprint density at radius 1 is 1.47 bits per heavy atom. The third kappa shape index (κ3) is 2.29. The first kappa shape index (κ1) is 11.1. The monoisotopic (exact) mass is 210 g/mol. The van der Waals surface area contributed by atoms with Crippen molar-refractivity contribution >= 4 is 17.7 Å². The van der Waals surface area contributed by atoms with Gasteiger partial charge in [0, 0.05) is 12.2 Å². The Morgan fingerprint density at radius 3 is 2.47 bits per heavy atom. The van der Waals surface area contributed by atoms with Gasteiger partial charge in [0.05, 0.1) is 6.61 Å². The van der Waals surface area contributed by atoms with E-state index in [0.29, 0.717) is 4.90 Å². The van der Waals surface area contributed by atoms with Crippen molar-refractivity contribution in [2.45, 2.75) is 6.92 Å². The van der Waals surface area contributed by atoms with Crippen LogP contribution in [-0.2, 0) is 19.2 Å². The molecule has 1 aliphatic heterocycles. The average Bonchev–Trinajstić information content (AvgIpc) is 2.54. The van der Waals surface area contributed by atoms with Gasteiger partial charge in [0.15, 0.2) is 0 Å². The van der Waals surface area contributed by atoms with Crippen LogP contribution in [0.1, 0.15) is 6.92 Å². The standard InChI is InChI=1S/C9H10N2O4/c1-3-15-10-9(14)6(2)11-7(12)4-5-8(11)13/h4-5H,2-3H2,1H3,(H,10,14). The quantitative estimate of drug-likeness (QED) is 0.385. The van der Waals surface area contributed by atoms with Gasteiger partial charge in [-0.3, -0.25) is 19.2 Å². The number of hydroxylamine groups is 1. The van der Waals surface area contributed by atoms with E-state index >= 15 is 0 Å². The Hall–Kier alpha value is -1.95. The van der Waals surface area contributed by atoms with E-state index in [-0.39, 0.29) is 12.3 Å². The third-order valence-corrected chi connectivity index (χ3v) is 1.65. The topological polar surface area (TPSA) is 75.7 Å². The molecule has 0 aromatic rings. The molecule has 1 heterocycles. The first-order valence-corrected chi connectivity index (χ1v) is 4.25. The summed E-state index contributed by atoms with van der Waals surface area (Å²) >= 11 is 0. The molecule has 0 aliphatic carbocycles. The van der Waals surface area contributed by atoms with Crippen molar-refractivity contribution in [3.8, 4) is 0 Å². The lowest BCUT2D eigenvalue weighted by Gasteiger charge is -2.15. The second kappa shape index (κ2) is 4.52. The van der Waals surface area contributed by atoms with E-state index in [9.17, 15) is 14.4 Å². The molecule has 15 heavy (non-hydrogen) atoms. The summed E-state index contributed by atoms with van der Waals surface area (Å²) < 4.78 is 0. The molecular formula is C9H10N2O4. The number of hydrogen-bond donors (Lipinski definition) is 1. The van der Waals surface area contributed by atoms with Crippen LogP contribution in [0.15, 0.2) is 24.4 Å². The van der Waals surface area contributed by atoms with Gasteiger partial charge in [0.1, 0.15) is 5.70 Å². The van der Waals surface area contributed by atoms with Crippen molar-refractivity contribution in [2.24, 2.45) is 0 Å². The van der Waals surface area contributed by atoms with Crippen molar-refractivity contribution in [3.05, 3.63) is 24.4 Å². The summed E-state index contributed by atoms with van der Waals surface area (Å²) in [4.78, 5) is 38.8. The van der Waals surface area contributed by atoms with Crippen LogP contribution in [0, 0.1) is 0 Å². The summed E-state index contributed by atoms with van der Waals surface area (Å²) in [5.41, 5.74) is 1.78.